The van der Waals surface area contributed by atoms with Crippen molar-refractivity contribution in [3.63, 3.8) is 0 Å². The van der Waals surface area contributed by atoms with Crippen molar-refractivity contribution in [2.75, 3.05) is 20.2 Å². The quantitative estimate of drug-likeness (QED) is 0.743. The van der Waals surface area contributed by atoms with Crippen molar-refractivity contribution in [2.45, 2.75) is 63.1 Å². The van der Waals surface area contributed by atoms with Crippen LogP contribution in [0.5, 0.6) is 0 Å². The molecule has 0 aliphatic heterocycles. The summed E-state index contributed by atoms with van der Waals surface area (Å²) in [5.74, 6) is 0. The number of nitrogens with one attached hydrogen (secondary N) is 1. The van der Waals surface area contributed by atoms with Crippen molar-refractivity contribution in [1.29, 1.82) is 0 Å². The third-order valence-corrected chi connectivity index (χ3v) is 4.37. The Bertz CT molecular complexity index is 226. The molecular weight excluding hydrogens is 200 g/mol. The van der Waals surface area contributed by atoms with Gasteiger partial charge in [-0.15, -0.1) is 0 Å². The highest BCUT2D eigenvalue weighted by Gasteiger charge is 2.39. The SMILES string of the molecule is CCNC1(CO)CCCC(N(C)C2CC2)C1. The molecular formula is C13H26N2O. The van der Waals surface area contributed by atoms with E-state index >= 15 is 0 Å². The Morgan fingerprint density at radius 3 is 2.62 bits per heavy atom. The summed E-state index contributed by atoms with van der Waals surface area (Å²) in [4.78, 5) is 2.56. The van der Waals surface area contributed by atoms with E-state index in [1.807, 2.05) is 0 Å². The van der Waals surface area contributed by atoms with Crippen molar-refractivity contribution < 1.29 is 5.11 Å². The number of likely N-dealkylation sites (N-methyl/N-ethyl adjacent to an activating group) is 1. The molecule has 0 bridgehead atoms. The first kappa shape index (κ1) is 12.3. The molecule has 2 unspecified atom stereocenters. The van der Waals surface area contributed by atoms with Gasteiger partial charge >= 0.3 is 0 Å². The minimum atomic E-state index is 0.000810. The highest BCUT2D eigenvalue weighted by Crippen LogP contribution is 2.35. The van der Waals surface area contributed by atoms with E-state index in [1.165, 1.54) is 25.7 Å². The normalized spacial score (nSPS) is 35.6. The minimum Gasteiger partial charge on any atom is -0.394 e. The molecule has 3 nitrogen and oxygen atoms in total. The molecule has 0 aromatic heterocycles. The average Bonchev–Trinajstić information content (AvgIpc) is 3.13. The molecule has 2 N–H and O–H groups in total. The van der Waals surface area contributed by atoms with Gasteiger partial charge in [0, 0.05) is 17.6 Å². The Hall–Kier alpha value is -0.120. The summed E-state index contributed by atoms with van der Waals surface area (Å²) >= 11 is 0. The predicted octanol–water partition coefficient (Wildman–Crippen LogP) is 1.36. The first-order valence-corrected chi connectivity index (χ1v) is 6.78. The van der Waals surface area contributed by atoms with Gasteiger partial charge in [0.25, 0.3) is 0 Å². The van der Waals surface area contributed by atoms with Crippen molar-refractivity contribution in [3.8, 4) is 0 Å². The predicted molar refractivity (Wildman–Crippen MR) is 66.5 cm³/mol. The third kappa shape index (κ3) is 2.58. The van der Waals surface area contributed by atoms with Crippen LogP contribution in [0.1, 0.15) is 45.4 Å². The topological polar surface area (TPSA) is 35.5 Å². The van der Waals surface area contributed by atoms with Gasteiger partial charge in [-0.1, -0.05) is 6.92 Å². The lowest BCUT2D eigenvalue weighted by atomic mass is 9.79. The van der Waals surface area contributed by atoms with Crippen LogP contribution in [0.2, 0.25) is 0 Å². The van der Waals surface area contributed by atoms with Crippen LogP contribution in [0.15, 0.2) is 0 Å². The van der Waals surface area contributed by atoms with E-state index in [-0.39, 0.29) is 12.1 Å². The van der Waals surface area contributed by atoms with Gasteiger partial charge in [-0.05, 0) is 52.1 Å². The maximum absolute atomic E-state index is 9.65. The molecule has 2 saturated carbocycles. The zero-order chi connectivity index (χ0) is 11.6. The Labute approximate surface area is 99.2 Å². The first-order chi connectivity index (χ1) is 7.71. The smallest absolute Gasteiger partial charge is 0.0613 e. The van der Waals surface area contributed by atoms with E-state index < -0.39 is 0 Å². The standard InChI is InChI=1S/C13H26N2O/c1-3-14-13(10-16)8-4-5-12(9-13)15(2)11-6-7-11/h11-12,14,16H,3-10H2,1-2H3. The molecule has 2 aliphatic rings. The second kappa shape index (κ2) is 5.03. The average molecular weight is 226 g/mol. The molecule has 0 amide bonds. The number of hydrogen-bond acceptors (Lipinski definition) is 3. The summed E-state index contributed by atoms with van der Waals surface area (Å²) in [5, 5.41) is 13.2. The first-order valence-electron chi connectivity index (χ1n) is 6.78. The fourth-order valence-corrected chi connectivity index (χ4v) is 3.19. The fraction of sp³-hybridized carbons (Fsp3) is 1.00. The van der Waals surface area contributed by atoms with Crippen LogP contribution in [0.4, 0.5) is 0 Å². The summed E-state index contributed by atoms with van der Waals surface area (Å²) in [7, 11) is 2.27. The van der Waals surface area contributed by atoms with Gasteiger partial charge in [-0.3, -0.25) is 0 Å². The van der Waals surface area contributed by atoms with Crippen LogP contribution in [-0.4, -0.2) is 47.8 Å². The van der Waals surface area contributed by atoms with Gasteiger partial charge in [0.05, 0.1) is 6.61 Å². The third-order valence-electron chi connectivity index (χ3n) is 4.37. The largest absolute Gasteiger partial charge is 0.394 e. The van der Waals surface area contributed by atoms with E-state index in [0.29, 0.717) is 6.04 Å². The van der Waals surface area contributed by atoms with Gasteiger partial charge in [-0.25, -0.2) is 0 Å². The van der Waals surface area contributed by atoms with E-state index in [4.69, 9.17) is 0 Å². The number of aliphatic hydroxyl groups is 1. The van der Waals surface area contributed by atoms with E-state index in [2.05, 4.69) is 24.2 Å². The molecule has 94 valence electrons. The molecule has 0 heterocycles. The molecule has 2 fully saturated rings. The number of rotatable bonds is 5. The van der Waals surface area contributed by atoms with Crippen molar-refractivity contribution >= 4 is 0 Å². The maximum atomic E-state index is 9.65. The molecule has 16 heavy (non-hydrogen) atoms. The molecule has 2 aliphatic carbocycles. The van der Waals surface area contributed by atoms with Crippen molar-refractivity contribution in [1.82, 2.24) is 10.2 Å². The van der Waals surface area contributed by atoms with Gasteiger partial charge in [-0.2, -0.15) is 0 Å². The van der Waals surface area contributed by atoms with Crippen LogP contribution in [-0.2, 0) is 0 Å². The molecule has 0 saturated heterocycles. The molecule has 0 radical (unpaired) electrons. The Morgan fingerprint density at radius 2 is 2.06 bits per heavy atom. The van der Waals surface area contributed by atoms with Crippen molar-refractivity contribution in [3.05, 3.63) is 0 Å². The lowest BCUT2D eigenvalue weighted by molar-refractivity contribution is 0.0679. The summed E-state index contributed by atoms with van der Waals surface area (Å²) in [6.07, 6.45) is 7.55. The summed E-state index contributed by atoms with van der Waals surface area (Å²) < 4.78 is 0. The monoisotopic (exact) mass is 226 g/mol. The summed E-state index contributed by atoms with van der Waals surface area (Å²) in [6.45, 7) is 3.38. The number of aliphatic hydroxyl groups excluding tert-OH is 1. The van der Waals surface area contributed by atoms with Gasteiger partial charge < -0.3 is 15.3 Å². The molecule has 3 heteroatoms. The minimum absolute atomic E-state index is 0.000810. The van der Waals surface area contributed by atoms with Crippen molar-refractivity contribution in [2.24, 2.45) is 0 Å². The molecule has 0 aromatic carbocycles. The fourth-order valence-electron chi connectivity index (χ4n) is 3.19. The number of nitrogens with zero attached hydrogens (tertiary/aromatic N) is 1. The van der Waals surface area contributed by atoms with E-state index in [1.54, 1.807) is 0 Å². The van der Waals surface area contributed by atoms with Crippen LogP contribution in [0, 0.1) is 0 Å². The van der Waals surface area contributed by atoms with Crippen LogP contribution in [0.25, 0.3) is 0 Å². The zero-order valence-electron chi connectivity index (χ0n) is 10.7. The summed E-state index contributed by atoms with van der Waals surface area (Å²) in [6, 6.07) is 1.51. The van der Waals surface area contributed by atoms with Gasteiger partial charge in [0.2, 0.25) is 0 Å². The second-order valence-corrected chi connectivity index (χ2v) is 5.62. The molecule has 0 spiro atoms. The van der Waals surface area contributed by atoms with Gasteiger partial charge in [0.15, 0.2) is 0 Å². The Balaban J connectivity index is 1.95. The molecule has 0 aromatic rings. The zero-order valence-corrected chi connectivity index (χ0v) is 10.7. The molecule has 2 rings (SSSR count). The lowest BCUT2D eigenvalue weighted by Crippen LogP contribution is -2.55. The Morgan fingerprint density at radius 1 is 1.31 bits per heavy atom. The van der Waals surface area contributed by atoms with E-state index in [0.717, 1.165) is 25.4 Å². The van der Waals surface area contributed by atoms with Crippen LogP contribution < -0.4 is 5.32 Å². The second-order valence-electron chi connectivity index (χ2n) is 5.62. The molecule has 2 atom stereocenters. The lowest BCUT2D eigenvalue weighted by Gasteiger charge is -2.43. The van der Waals surface area contributed by atoms with Crippen LogP contribution >= 0.6 is 0 Å². The Kier molecular flexibility index (Phi) is 3.88. The van der Waals surface area contributed by atoms with Crippen LogP contribution in [0.3, 0.4) is 0 Å². The number of hydrogen-bond donors (Lipinski definition) is 2. The summed E-state index contributed by atoms with van der Waals surface area (Å²) in [5.41, 5.74) is 0.000810. The highest BCUT2D eigenvalue weighted by molar-refractivity contribution is 4.98. The van der Waals surface area contributed by atoms with E-state index in [9.17, 15) is 5.11 Å². The highest BCUT2D eigenvalue weighted by atomic mass is 16.3. The van der Waals surface area contributed by atoms with Gasteiger partial charge in [0.1, 0.15) is 0 Å². The maximum Gasteiger partial charge on any atom is 0.0613 e.